The molecule has 1 aliphatic rings. The molecular weight excluding hydrogens is 579 g/mol. The maximum atomic E-state index is 11.2. The van der Waals surface area contributed by atoms with Crippen LogP contribution in [0.15, 0.2) is 23.6 Å². The highest BCUT2D eigenvalue weighted by Crippen LogP contribution is 2.40. The fourth-order valence-electron chi connectivity index (χ4n) is 4.51. The predicted octanol–water partition coefficient (Wildman–Crippen LogP) is 6.95. The number of nitrogens with zero attached hydrogens (tertiary/aromatic N) is 3. The number of benzene rings is 1. The van der Waals surface area contributed by atoms with E-state index in [1.165, 1.54) is 0 Å². The number of aromatic nitrogens is 3. The maximum absolute atomic E-state index is 11.2. The van der Waals surface area contributed by atoms with E-state index in [2.05, 4.69) is 57.4 Å². The van der Waals surface area contributed by atoms with E-state index < -0.39 is 24.5 Å². The second-order valence-electron chi connectivity index (χ2n) is 12.4. The summed E-state index contributed by atoms with van der Waals surface area (Å²) in [7, 11) is -5.45. The van der Waals surface area contributed by atoms with E-state index in [0.29, 0.717) is 19.6 Å². The molecule has 228 valence electrons. The number of ether oxygens (including phenoxy) is 2. The minimum absolute atomic E-state index is 0.0747. The van der Waals surface area contributed by atoms with Crippen molar-refractivity contribution in [1.82, 2.24) is 14.8 Å². The summed E-state index contributed by atoms with van der Waals surface area (Å²) in [5, 5.41) is 9.17. The molecule has 0 spiro atoms. The zero-order valence-electron chi connectivity index (χ0n) is 25.4. The van der Waals surface area contributed by atoms with E-state index in [1.54, 1.807) is 18.3 Å². The fraction of sp³-hybridized carbons (Fsp3) is 0.655. The van der Waals surface area contributed by atoms with Gasteiger partial charge in [0.05, 0.1) is 23.6 Å². The molecule has 0 saturated carbocycles. The molecule has 0 N–H and O–H groups in total. The summed E-state index contributed by atoms with van der Waals surface area (Å²) in [6.45, 7) is 14.8. The van der Waals surface area contributed by atoms with Gasteiger partial charge in [-0.2, -0.15) is 13.5 Å². The third kappa shape index (κ3) is 8.61. The van der Waals surface area contributed by atoms with Crippen LogP contribution in [0.2, 0.25) is 18.1 Å². The van der Waals surface area contributed by atoms with Crippen LogP contribution in [0.25, 0.3) is 21.6 Å². The van der Waals surface area contributed by atoms with Gasteiger partial charge >= 0.3 is 0 Å². The highest BCUT2D eigenvalue weighted by atomic mass is 32.2. The number of aryl methyl sites for hydroxylation is 1. The first-order valence-corrected chi connectivity index (χ1v) is 20.1. The van der Waals surface area contributed by atoms with E-state index in [9.17, 15) is 8.42 Å². The molecule has 2 aromatic heterocycles. The maximum Gasteiger partial charge on any atom is 0.264 e. The lowest BCUT2D eigenvalue weighted by Crippen LogP contribution is -2.43. The van der Waals surface area contributed by atoms with E-state index in [-0.39, 0.29) is 11.3 Å². The van der Waals surface area contributed by atoms with Crippen LogP contribution >= 0.6 is 11.3 Å². The molecule has 1 aliphatic heterocycles. The molecule has 1 aromatic carbocycles. The Kier molecular flexibility index (Phi) is 10.3. The average Bonchev–Trinajstić information content (AvgIpc) is 3.49. The van der Waals surface area contributed by atoms with Crippen molar-refractivity contribution in [3.8, 4) is 16.5 Å². The summed E-state index contributed by atoms with van der Waals surface area (Å²) in [4.78, 5) is 4.95. The monoisotopic (exact) mass is 623 g/mol. The van der Waals surface area contributed by atoms with Gasteiger partial charge in [0, 0.05) is 30.6 Å². The Morgan fingerprint density at radius 2 is 2.00 bits per heavy atom. The van der Waals surface area contributed by atoms with Crippen LogP contribution in [0.1, 0.15) is 71.7 Å². The van der Waals surface area contributed by atoms with Crippen LogP contribution in [-0.4, -0.2) is 63.7 Å². The van der Waals surface area contributed by atoms with Crippen molar-refractivity contribution in [2.45, 2.75) is 96.7 Å². The van der Waals surface area contributed by atoms with Gasteiger partial charge in [0.1, 0.15) is 16.5 Å². The lowest BCUT2D eigenvalue weighted by atomic mass is 10.1. The topological polar surface area (TPSA) is 102 Å². The summed E-state index contributed by atoms with van der Waals surface area (Å²) in [5.74, 6) is 0.875. The van der Waals surface area contributed by atoms with Gasteiger partial charge < -0.3 is 13.9 Å². The Morgan fingerprint density at radius 3 is 2.68 bits per heavy atom. The third-order valence-corrected chi connectivity index (χ3v) is 13.7. The minimum atomic E-state index is -3.44. The molecule has 1 saturated heterocycles. The van der Waals surface area contributed by atoms with E-state index >= 15 is 0 Å². The molecule has 3 aromatic rings. The molecule has 3 heterocycles. The van der Waals surface area contributed by atoms with E-state index in [4.69, 9.17) is 28.2 Å². The normalized spacial score (nSPS) is 17.7. The summed E-state index contributed by atoms with van der Waals surface area (Å²) in [5.41, 5.74) is 2.91. The quantitative estimate of drug-likeness (QED) is 0.115. The number of rotatable bonds is 13. The van der Waals surface area contributed by atoms with Gasteiger partial charge in [-0.1, -0.05) is 20.8 Å². The lowest BCUT2D eigenvalue weighted by molar-refractivity contribution is -0.0365. The first-order chi connectivity index (χ1) is 19.2. The molecule has 12 heteroatoms. The molecule has 0 radical (unpaired) electrons. The Labute approximate surface area is 249 Å². The molecule has 41 heavy (non-hydrogen) atoms. The highest BCUT2D eigenvalue weighted by molar-refractivity contribution is 7.86. The van der Waals surface area contributed by atoms with Gasteiger partial charge in [0.15, 0.2) is 6.23 Å². The van der Waals surface area contributed by atoms with Crippen LogP contribution in [0, 0.1) is 0 Å². The van der Waals surface area contributed by atoms with E-state index in [0.717, 1.165) is 78.0 Å². The number of hydrogen-bond acceptors (Lipinski definition) is 9. The van der Waals surface area contributed by atoms with Crippen LogP contribution in [0.4, 0.5) is 0 Å². The summed E-state index contributed by atoms with van der Waals surface area (Å²) in [6.07, 6.45) is 5.88. The standard InChI is InChI=1S/C29H45N3O6S2Si/c1-21(37-40(5,33)34)15-18-35-16-10-11-22-20-39-28(30-22)27-24-19-23(38-41(6,7)29(2,3)4)13-14-25(24)32(31-27)26-12-8-9-17-36-26/h13-14,19-21,26H,8-12,15-18H2,1-7H3. The van der Waals surface area contributed by atoms with E-state index in [1.807, 2.05) is 4.68 Å². The first kappa shape index (κ1) is 32.1. The zero-order chi connectivity index (χ0) is 29.8. The summed E-state index contributed by atoms with van der Waals surface area (Å²) in [6, 6.07) is 6.30. The van der Waals surface area contributed by atoms with Gasteiger partial charge in [-0.3, -0.25) is 4.18 Å². The predicted molar refractivity (Wildman–Crippen MR) is 167 cm³/mol. The van der Waals surface area contributed by atoms with Gasteiger partial charge in [-0.25, -0.2) is 9.67 Å². The molecule has 2 atom stereocenters. The van der Waals surface area contributed by atoms with Crippen molar-refractivity contribution in [2.75, 3.05) is 26.1 Å². The Balaban J connectivity index is 1.47. The second-order valence-corrected chi connectivity index (χ2v) is 19.6. The molecule has 4 rings (SSSR count). The number of fused-ring (bicyclic) bond motifs is 1. The van der Waals surface area contributed by atoms with Gasteiger partial charge in [0.25, 0.3) is 10.1 Å². The van der Waals surface area contributed by atoms with Crippen LogP contribution in [0.5, 0.6) is 5.75 Å². The Morgan fingerprint density at radius 1 is 1.22 bits per heavy atom. The van der Waals surface area contributed by atoms with Gasteiger partial charge in [-0.15, -0.1) is 11.3 Å². The average molecular weight is 624 g/mol. The van der Waals surface area contributed by atoms with Crippen molar-refractivity contribution in [3.63, 3.8) is 0 Å². The molecule has 0 aliphatic carbocycles. The zero-order valence-corrected chi connectivity index (χ0v) is 28.1. The van der Waals surface area contributed by atoms with Crippen LogP contribution in [0.3, 0.4) is 0 Å². The van der Waals surface area contributed by atoms with Crippen molar-refractivity contribution in [1.29, 1.82) is 0 Å². The minimum Gasteiger partial charge on any atom is -0.543 e. The summed E-state index contributed by atoms with van der Waals surface area (Å²) < 4.78 is 47.9. The highest BCUT2D eigenvalue weighted by Gasteiger charge is 2.39. The molecule has 1 fully saturated rings. The lowest BCUT2D eigenvalue weighted by Gasteiger charge is -2.36. The Hall–Kier alpha value is -1.83. The van der Waals surface area contributed by atoms with Crippen molar-refractivity contribution >= 4 is 40.7 Å². The Bertz CT molecular complexity index is 1410. The fourth-order valence-corrected chi connectivity index (χ4v) is 7.08. The second kappa shape index (κ2) is 13.2. The van der Waals surface area contributed by atoms with Gasteiger partial charge in [0.2, 0.25) is 8.32 Å². The smallest absolute Gasteiger partial charge is 0.264 e. The molecule has 0 amide bonds. The van der Waals surface area contributed by atoms with Gasteiger partial charge in [-0.05, 0) is 81.8 Å². The summed E-state index contributed by atoms with van der Waals surface area (Å²) >= 11 is 1.60. The van der Waals surface area contributed by atoms with Crippen molar-refractivity contribution in [2.24, 2.45) is 0 Å². The largest absolute Gasteiger partial charge is 0.543 e. The molecule has 9 nitrogen and oxygen atoms in total. The first-order valence-electron chi connectivity index (χ1n) is 14.5. The number of thiazole rings is 1. The van der Waals surface area contributed by atoms with Crippen LogP contribution < -0.4 is 4.43 Å². The third-order valence-electron chi connectivity index (χ3n) is 7.77. The molecular formula is C29H45N3O6S2Si. The van der Waals surface area contributed by atoms with Crippen molar-refractivity contribution in [3.05, 3.63) is 29.3 Å². The van der Waals surface area contributed by atoms with Crippen molar-refractivity contribution < 1.29 is 26.5 Å². The SMILES string of the molecule is CC(CCOCCCc1csc(-c2nn(C3CCCCO3)c3ccc(O[Si](C)(C)C(C)(C)C)cc23)n1)OS(C)(=O)=O. The molecule has 2 unspecified atom stereocenters. The molecule has 0 bridgehead atoms. The number of hydrogen-bond donors (Lipinski definition) is 0. The van der Waals surface area contributed by atoms with Crippen LogP contribution in [-0.2, 0) is 30.2 Å².